The zero-order chi connectivity index (χ0) is 20.1. The highest BCUT2D eigenvalue weighted by Crippen LogP contribution is 2.33. The number of carbonyl (C=O) groups excluding carboxylic acids is 1. The van der Waals surface area contributed by atoms with Gasteiger partial charge in [-0.1, -0.05) is 6.07 Å². The Labute approximate surface area is 169 Å². The van der Waals surface area contributed by atoms with E-state index in [-0.39, 0.29) is 18.4 Å². The van der Waals surface area contributed by atoms with Crippen molar-refractivity contribution in [2.45, 2.75) is 18.8 Å². The first-order valence-electron chi connectivity index (χ1n) is 9.71. The molecule has 3 aromatic heterocycles. The summed E-state index contributed by atoms with van der Waals surface area (Å²) in [5.41, 5.74) is 3.67. The fourth-order valence-electron chi connectivity index (χ4n) is 3.72. The molecule has 29 heavy (non-hydrogen) atoms. The van der Waals surface area contributed by atoms with Crippen LogP contribution in [0.4, 0.5) is 0 Å². The van der Waals surface area contributed by atoms with Crippen molar-refractivity contribution in [3.63, 3.8) is 0 Å². The van der Waals surface area contributed by atoms with E-state index in [0.717, 1.165) is 41.9 Å². The Morgan fingerprint density at radius 2 is 2.03 bits per heavy atom. The lowest BCUT2D eigenvalue weighted by atomic mass is 9.90. The lowest BCUT2D eigenvalue weighted by molar-refractivity contribution is -0.136. The quantitative estimate of drug-likeness (QED) is 0.667. The molecule has 7 heteroatoms. The van der Waals surface area contributed by atoms with Gasteiger partial charge in [-0.25, -0.2) is 9.97 Å². The Hall–Kier alpha value is -3.19. The van der Waals surface area contributed by atoms with Gasteiger partial charge in [-0.05, 0) is 42.7 Å². The third-order valence-electron chi connectivity index (χ3n) is 5.13. The number of nitrogens with zero attached hydrogens (tertiary/aromatic N) is 5. The molecule has 0 bridgehead atoms. The molecule has 0 saturated carbocycles. The van der Waals surface area contributed by atoms with E-state index in [1.807, 2.05) is 41.4 Å². The van der Waals surface area contributed by atoms with Crippen LogP contribution in [-0.4, -0.2) is 57.5 Å². The number of amides is 1. The van der Waals surface area contributed by atoms with E-state index in [0.29, 0.717) is 12.4 Å². The highest BCUT2D eigenvalue weighted by molar-refractivity contribution is 5.77. The average molecular weight is 389 g/mol. The van der Waals surface area contributed by atoms with Crippen molar-refractivity contribution in [2.75, 3.05) is 26.8 Å². The molecular formula is C22H23N5O2. The monoisotopic (exact) mass is 389 g/mol. The minimum atomic E-state index is 0.0154. The van der Waals surface area contributed by atoms with Gasteiger partial charge in [0.2, 0.25) is 5.91 Å². The predicted octanol–water partition coefficient (Wildman–Crippen LogP) is 2.95. The zero-order valence-electron chi connectivity index (χ0n) is 16.4. The summed E-state index contributed by atoms with van der Waals surface area (Å²) in [6.45, 7) is 1.48. The van der Waals surface area contributed by atoms with E-state index in [2.05, 4.69) is 15.0 Å². The van der Waals surface area contributed by atoms with Crippen LogP contribution in [0.1, 0.15) is 24.5 Å². The fourth-order valence-corrected chi connectivity index (χ4v) is 3.72. The number of likely N-dealkylation sites (tertiary alicyclic amines) is 1. The van der Waals surface area contributed by atoms with Gasteiger partial charge in [0.25, 0.3) is 0 Å². The maximum atomic E-state index is 12.4. The first-order chi connectivity index (χ1) is 14.3. The molecule has 1 aliphatic heterocycles. The normalized spacial score (nSPS) is 16.6. The van der Waals surface area contributed by atoms with Crippen LogP contribution in [0.15, 0.2) is 55.1 Å². The van der Waals surface area contributed by atoms with Crippen LogP contribution in [0.3, 0.4) is 0 Å². The van der Waals surface area contributed by atoms with Crippen LogP contribution in [0.2, 0.25) is 0 Å². The van der Waals surface area contributed by atoms with E-state index >= 15 is 0 Å². The largest absolute Gasteiger partial charge is 0.375 e. The molecule has 0 aliphatic carbocycles. The van der Waals surface area contributed by atoms with Crippen LogP contribution in [0.25, 0.3) is 22.6 Å². The second kappa shape index (κ2) is 8.87. The Balaban J connectivity index is 1.73. The smallest absolute Gasteiger partial charge is 0.248 e. The Morgan fingerprint density at radius 1 is 1.17 bits per heavy atom. The van der Waals surface area contributed by atoms with E-state index in [1.165, 1.54) is 0 Å². The van der Waals surface area contributed by atoms with Gasteiger partial charge in [-0.3, -0.25) is 14.8 Å². The van der Waals surface area contributed by atoms with Crippen molar-refractivity contribution >= 4 is 5.91 Å². The number of pyridine rings is 2. The highest BCUT2D eigenvalue weighted by Gasteiger charge is 2.28. The number of piperidine rings is 1. The van der Waals surface area contributed by atoms with Crippen molar-refractivity contribution in [1.82, 2.24) is 24.8 Å². The Bertz CT molecular complexity index is 965. The molecule has 1 atom stereocenters. The van der Waals surface area contributed by atoms with Crippen LogP contribution in [0, 0.1) is 0 Å². The Morgan fingerprint density at radius 3 is 2.79 bits per heavy atom. The summed E-state index contributed by atoms with van der Waals surface area (Å²) in [6, 6.07) is 9.61. The van der Waals surface area contributed by atoms with Gasteiger partial charge >= 0.3 is 0 Å². The van der Waals surface area contributed by atoms with Gasteiger partial charge in [0.05, 0.1) is 5.69 Å². The van der Waals surface area contributed by atoms with Gasteiger partial charge < -0.3 is 9.64 Å². The summed E-state index contributed by atoms with van der Waals surface area (Å²) in [7, 11) is 1.55. The lowest BCUT2D eigenvalue weighted by Gasteiger charge is -2.33. The van der Waals surface area contributed by atoms with E-state index < -0.39 is 0 Å². The average Bonchev–Trinajstić information content (AvgIpc) is 2.80. The van der Waals surface area contributed by atoms with Crippen LogP contribution < -0.4 is 0 Å². The van der Waals surface area contributed by atoms with E-state index in [4.69, 9.17) is 9.72 Å². The molecule has 0 N–H and O–H groups in total. The third kappa shape index (κ3) is 4.30. The number of methoxy groups -OCH3 is 1. The summed E-state index contributed by atoms with van der Waals surface area (Å²) < 4.78 is 5.04. The second-order valence-corrected chi connectivity index (χ2v) is 7.06. The fraction of sp³-hybridized carbons (Fsp3) is 0.318. The summed E-state index contributed by atoms with van der Waals surface area (Å²) in [4.78, 5) is 32.2. The zero-order valence-corrected chi connectivity index (χ0v) is 16.4. The minimum absolute atomic E-state index is 0.0154. The molecule has 3 aromatic rings. The van der Waals surface area contributed by atoms with Gasteiger partial charge in [-0.2, -0.15) is 0 Å². The minimum Gasteiger partial charge on any atom is -0.375 e. The SMILES string of the molecule is COCC(=O)N1CCCC(c2nc(-c3ccccn3)ncc2-c2ccncc2)C1. The van der Waals surface area contributed by atoms with Crippen molar-refractivity contribution in [3.05, 3.63) is 60.8 Å². The van der Waals surface area contributed by atoms with Crippen molar-refractivity contribution < 1.29 is 9.53 Å². The molecule has 1 fully saturated rings. The Kier molecular flexibility index (Phi) is 5.86. The number of rotatable bonds is 5. The van der Waals surface area contributed by atoms with Crippen LogP contribution in [-0.2, 0) is 9.53 Å². The molecule has 148 valence electrons. The summed E-state index contributed by atoms with van der Waals surface area (Å²) in [6.07, 6.45) is 9.02. The summed E-state index contributed by atoms with van der Waals surface area (Å²) >= 11 is 0. The number of hydrogen-bond donors (Lipinski definition) is 0. The molecule has 1 saturated heterocycles. The number of hydrogen-bond acceptors (Lipinski definition) is 6. The molecule has 4 rings (SSSR count). The van der Waals surface area contributed by atoms with Gasteiger partial charge in [0.15, 0.2) is 5.82 Å². The van der Waals surface area contributed by atoms with Crippen molar-refractivity contribution in [1.29, 1.82) is 0 Å². The molecule has 4 heterocycles. The van der Waals surface area contributed by atoms with Crippen LogP contribution >= 0.6 is 0 Å². The maximum Gasteiger partial charge on any atom is 0.248 e. The second-order valence-electron chi connectivity index (χ2n) is 7.06. The highest BCUT2D eigenvalue weighted by atomic mass is 16.5. The first-order valence-corrected chi connectivity index (χ1v) is 9.71. The predicted molar refractivity (Wildman–Crippen MR) is 109 cm³/mol. The standard InChI is InChI=1S/C22H23N5O2/c1-29-15-20(28)27-12-4-5-17(14-27)21-18(16-7-10-23-11-8-16)13-25-22(26-21)19-6-2-3-9-24-19/h2-3,6-11,13,17H,4-5,12,14-15H2,1H3. The molecule has 0 radical (unpaired) electrons. The molecule has 1 aliphatic rings. The van der Waals surface area contributed by atoms with Crippen LogP contribution in [0.5, 0.6) is 0 Å². The third-order valence-corrected chi connectivity index (χ3v) is 5.13. The number of aromatic nitrogens is 4. The molecule has 1 unspecified atom stereocenters. The summed E-state index contributed by atoms with van der Waals surface area (Å²) in [5.74, 6) is 0.735. The maximum absolute atomic E-state index is 12.4. The first kappa shape index (κ1) is 19.1. The summed E-state index contributed by atoms with van der Waals surface area (Å²) in [5, 5.41) is 0. The van der Waals surface area contributed by atoms with Crippen molar-refractivity contribution in [2.24, 2.45) is 0 Å². The number of carbonyl (C=O) groups is 1. The number of ether oxygens (including phenoxy) is 1. The molecule has 7 nitrogen and oxygen atoms in total. The molecule has 1 amide bonds. The molecular weight excluding hydrogens is 366 g/mol. The van der Waals surface area contributed by atoms with Gasteiger partial charge in [-0.15, -0.1) is 0 Å². The van der Waals surface area contributed by atoms with Gasteiger partial charge in [0, 0.05) is 56.5 Å². The lowest BCUT2D eigenvalue weighted by Crippen LogP contribution is -2.41. The van der Waals surface area contributed by atoms with Gasteiger partial charge in [0.1, 0.15) is 12.3 Å². The van der Waals surface area contributed by atoms with E-state index in [9.17, 15) is 4.79 Å². The van der Waals surface area contributed by atoms with Crippen molar-refractivity contribution in [3.8, 4) is 22.6 Å². The molecule has 0 aromatic carbocycles. The molecule has 0 spiro atoms. The topological polar surface area (TPSA) is 81.1 Å². The van der Waals surface area contributed by atoms with E-state index in [1.54, 1.807) is 25.7 Å².